The third-order valence-electron chi connectivity index (χ3n) is 5.82. The van der Waals surface area contributed by atoms with Gasteiger partial charge in [0.25, 0.3) is 11.8 Å². The third-order valence-corrected chi connectivity index (χ3v) is 5.82. The van der Waals surface area contributed by atoms with Gasteiger partial charge in [-0.2, -0.15) is 0 Å². The van der Waals surface area contributed by atoms with Crippen LogP contribution in [0.3, 0.4) is 0 Å². The van der Waals surface area contributed by atoms with Crippen LogP contribution in [0.15, 0.2) is 42.5 Å². The van der Waals surface area contributed by atoms with Gasteiger partial charge in [-0.15, -0.1) is 6.58 Å². The Kier molecular flexibility index (Phi) is 11.5. The zero-order valence-corrected chi connectivity index (χ0v) is 19.4. The summed E-state index contributed by atoms with van der Waals surface area (Å²) in [5.41, 5.74) is 3.76. The van der Waals surface area contributed by atoms with E-state index in [1.807, 2.05) is 12.1 Å². The fraction of sp³-hybridized carbons (Fsp3) is 0.519. The van der Waals surface area contributed by atoms with E-state index >= 15 is 0 Å². The number of allylic oxidation sites excluding steroid dienone is 1. The van der Waals surface area contributed by atoms with Crippen molar-refractivity contribution in [3.8, 4) is 0 Å². The van der Waals surface area contributed by atoms with Gasteiger partial charge >= 0.3 is 5.97 Å². The molecule has 5 heteroatoms. The van der Waals surface area contributed by atoms with Gasteiger partial charge in [0.1, 0.15) is 6.61 Å². The molecule has 32 heavy (non-hydrogen) atoms. The average molecular weight is 440 g/mol. The van der Waals surface area contributed by atoms with Crippen molar-refractivity contribution in [3.63, 3.8) is 0 Å². The van der Waals surface area contributed by atoms with Crippen LogP contribution in [0.5, 0.6) is 0 Å². The van der Waals surface area contributed by atoms with E-state index in [-0.39, 0.29) is 18.6 Å². The van der Waals surface area contributed by atoms with E-state index in [9.17, 15) is 14.4 Å². The van der Waals surface area contributed by atoms with E-state index in [4.69, 9.17) is 4.74 Å². The molecule has 0 fully saturated rings. The number of aryl methyl sites for hydroxylation is 2. The largest absolute Gasteiger partial charge is 0.461 e. The Labute approximate surface area is 192 Å². The van der Waals surface area contributed by atoms with E-state index < -0.39 is 17.8 Å². The maximum atomic E-state index is 12.0. The molecule has 0 unspecified atom stereocenters. The highest BCUT2D eigenvalue weighted by Gasteiger charge is 2.23. The Morgan fingerprint density at radius 3 is 2.31 bits per heavy atom. The highest BCUT2D eigenvalue weighted by Crippen LogP contribution is 2.18. The first-order chi connectivity index (χ1) is 15.5. The number of benzene rings is 1. The number of imide groups is 1. The maximum absolute atomic E-state index is 12.0. The zero-order chi connectivity index (χ0) is 23.2. The van der Waals surface area contributed by atoms with Crippen LogP contribution in [0.2, 0.25) is 0 Å². The molecule has 0 aromatic heterocycles. The number of amides is 2. The maximum Gasteiger partial charge on any atom is 0.310 e. The second-order valence-electron chi connectivity index (χ2n) is 8.44. The number of unbranched alkanes of at least 4 members (excludes halogenated alkanes) is 8. The van der Waals surface area contributed by atoms with E-state index in [0.717, 1.165) is 30.9 Å². The Morgan fingerprint density at radius 2 is 1.69 bits per heavy atom. The van der Waals surface area contributed by atoms with Crippen LogP contribution in [0, 0.1) is 0 Å². The van der Waals surface area contributed by atoms with Gasteiger partial charge in [0.15, 0.2) is 0 Å². The Bertz CT molecular complexity index is 825. The summed E-state index contributed by atoms with van der Waals surface area (Å²) in [4.78, 5) is 34.7. The molecule has 0 spiro atoms. The number of nitrogens with one attached hydrogen (secondary N) is 1. The number of carbonyl (C=O) groups is 3. The summed E-state index contributed by atoms with van der Waals surface area (Å²) < 4.78 is 5.30. The van der Waals surface area contributed by atoms with Crippen LogP contribution < -0.4 is 5.32 Å². The standard InChI is InChI=1S/C27H37NO4/c1-3-5-6-7-8-9-10-11-12-13-14-23-16-15-21(17-22(23)4-2)20-32-26(30)19-24-18-25(29)28-27(24)31/h3,15-18H,1,4-14,19-20H2,2H3,(H,28,29,31). The zero-order valence-electron chi connectivity index (χ0n) is 19.4. The highest BCUT2D eigenvalue weighted by atomic mass is 16.5. The monoisotopic (exact) mass is 439 g/mol. The summed E-state index contributed by atoms with van der Waals surface area (Å²) in [6, 6.07) is 6.26. The smallest absolute Gasteiger partial charge is 0.310 e. The number of carbonyl (C=O) groups excluding carboxylic acids is 3. The predicted octanol–water partition coefficient (Wildman–Crippen LogP) is 5.50. The number of ether oxygens (including phenoxy) is 1. The molecule has 2 amide bonds. The van der Waals surface area contributed by atoms with Crippen LogP contribution in [0.25, 0.3) is 0 Å². The number of hydrogen-bond acceptors (Lipinski definition) is 4. The first-order valence-corrected chi connectivity index (χ1v) is 12.0. The second-order valence-corrected chi connectivity index (χ2v) is 8.44. The van der Waals surface area contributed by atoms with Crippen molar-refractivity contribution in [2.75, 3.05) is 0 Å². The summed E-state index contributed by atoms with van der Waals surface area (Å²) in [6.07, 6.45) is 16.5. The minimum atomic E-state index is -0.520. The molecular weight excluding hydrogens is 402 g/mol. The first-order valence-electron chi connectivity index (χ1n) is 12.0. The van der Waals surface area contributed by atoms with Crippen LogP contribution in [0.1, 0.15) is 87.8 Å². The van der Waals surface area contributed by atoms with Gasteiger partial charge in [-0.3, -0.25) is 19.7 Å². The fourth-order valence-corrected chi connectivity index (χ4v) is 3.96. The molecule has 1 N–H and O–H groups in total. The molecule has 1 heterocycles. The average Bonchev–Trinajstić information content (AvgIpc) is 3.10. The quantitative estimate of drug-likeness (QED) is 0.160. The van der Waals surface area contributed by atoms with Crippen LogP contribution in [0.4, 0.5) is 0 Å². The topological polar surface area (TPSA) is 72.5 Å². The fourth-order valence-electron chi connectivity index (χ4n) is 3.96. The minimum Gasteiger partial charge on any atom is -0.461 e. The van der Waals surface area contributed by atoms with Crippen molar-refractivity contribution in [2.45, 2.75) is 90.6 Å². The Morgan fingerprint density at radius 1 is 1.00 bits per heavy atom. The molecule has 1 aliphatic heterocycles. The normalized spacial score (nSPS) is 13.1. The summed E-state index contributed by atoms with van der Waals surface area (Å²) in [5, 5.41) is 2.13. The third kappa shape index (κ3) is 9.21. The summed E-state index contributed by atoms with van der Waals surface area (Å²) >= 11 is 0. The number of hydrogen-bond donors (Lipinski definition) is 1. The van der Waals surface area contributed by atoms with Crippen molar-refractivity contribution in [1.29, 1.82) is 0 Å². The number of esters is 1. The Hall–Kier alpha value is -2.69. The molecule has 0 bridgehead atoms. The minimum absolute atomic E-state index is 0.150. The molecule has 2 rings (SSSR count). The molecular formula is C27H37NO4. The van der Waals surface area contributed by atoms with Crippen LogP contribution in [-0.4, -0.2) is 17.8 Å². The predicted molar refractivity (Wildman–Crippen MR) is 127 cm³/mol. The SMILES string of the molecule is C=CCCCCCCCCCCc1ccc(COC(=O)CC2=CC(=O)NC2=O)cc1CC. The highest BCUT2D eigenvalue weighted by molar-refractivity contribution is 6.17. The molecule has 0 saturated carbocycles. The van der Waals surface area contributed by atoms with Gasteiger partial charge < -0.3 is 4.74 Å². The van der Waals surface area contributed by atoms with E-state index in [2.05, 4.69) is 31.0 Å². The Balaban J connectivity index is 1.68. The molecule has 1 aromatic carbocycles. The van der Waals surface area contributed by atoms with Gasteiger partial charge in [0, 0.05) is 11.6 Å². The molecule has 0 aliphatic carbocycles. The van der Waals surface area contributed by atoms with Gasteiger partial charge in [-0.05, 0) is 48.8 Å². The van der Waals surface area contributed by atoms with Crippen LogP contribution in [-0.2, 0) is 38.6 Å². The van der Waals surface area contributed by atoms with Crippen molar-refractivity contribution >= 4 is 17.8 Å². The van der Waals surface area contributed by atoms with E-state index in [1.165, 1.54) is 62.5 Å². The van der Waals surface area contributed by atoms with Crippen molar-refractivity contribution < 1.29 is 19.1 Å². The summed E-state index contributed by atoms with van der Waals surface area (Å²) in [7, 11) is 0. The summed E-state index contributed by atoms with van der Waals surface area (Å²) in [6.45, 7) is 6.08. The molecule has 1 aromatic rings. The first kappa shape index (κ1) is 25.6. The van der Waals surface area contributed by atoms with Crippen molar-refractivity contribution in [1.82, 2.24) is 5.32 Å². The molecule has 5 nitrogen and oxygen atoms in total. The molecule has 0 atom stereocenters. The van der Waals surface area contributed by atoms with E-state index in [1.54, 1.807) is 0 Å². The molecule has 0 radical (unpaired) electrons. The lowest BCUT2D eigenvalue weighted by molar-refractivity contribution is -0.144. The number of rotatable bonds is 16. The van der Waals surface area contributed by atoms with Gasteiger partial charge in [-0.1, -0.05) is 69.7 Å². The molecule has 174 valence electrons. The lowest BCUT2D eigenvalue weighted by atomic mass is 9.97. The van der Waals surface area contributed by atoms with Crippen molar-refractivity contribution in [2.24, 2.45) is 0 Å². The van der Waals surface area contributed by atoms with E-state index in [0.29, 0.717) is 0 Å². The second kappa shape index (κ2) is 14.4. The van der Waals surface area contributed by atoms with Gasteiger partial charge in [0.05, 0.1) is 6.42 Å². The van der Waals surface area contributed by atoms with Crippen molar-refractivity contribution in [3.05, 3.63) is 59.2 Å². The lowest BCUT2D eigenvalue weighted by Crippen LogP contribution is -2.23. The molecule has 1 aliphatic rings. The summed E-state index contributed by atoms with van der Waals surface area (Å²) in [5.74, 6) is -1.52. The van der Waals surface area contributed by atoms with Gasteiger partial charge in [-0.25, -0.2) is 0 Å². The molecule has 0 saturated heterocycles. The van der Waals surface area contributed by atoms with Crippen LogP contribution >= 0.6 is 0 Å². The van der Waals surface area contributed by atoms with Gasteiger partial charge in [0.2, 0.25) is 0 Å². The lowest BCUT2D eigenvalue weighted by Gasteiger charge is -2.11.